The Morgan fingerprint density at radius 1 is 1.47 bits per heavy atom. The molecule has 0 aliphatic heterocycles. The standard InChI is InChI=1S/C11H12BrN3S2/c1-7-14-11(17-15-7)16-10(6-13)8-4-2-3-5-9(8)12/h2-5,10H,6,13H2,1H3. The molecule has 0 aliphatic rings. The minimum absolute atomic E-state index is 0.206. The van der Waals surface area contributed by atoms with Crippen molar-refractivity contribution in [2.24, 2.45) is 5.73 Å². The SMILES string of the molecule is Cc1nsc(SC(CN)c2ccccc2Br)n1. The van der Waals surface area contributed by atoms with Crippen LogP contribution in [0.3, 0.4) is 0 Å². The summed E-state index contributed by atoms with van der Waals surface area (Å²) in [4.78, 5) is 4.35. The second kappa shape index (κ2) is 5.95. The van der Waals surface area contributed by atoms with Gasteiger partial charge in [0.1, 0.15) is 5.82 Å². The second-order valence-electron chi connectivity index (χ2n) is 3.47. The molecular weight excluding hydrogens is 318 g/mol. The lowest BCUT2D eigenvalue weighted by Crippen LogP contribution is -2.09. The summed E-state index contributed by atoms with van der Waals surface area (Å²) in [5.74, 6) is 0.820. The van der Waals surface area contributed by atoms with Crippen LogP contribution in [0.1, 0.15) is 16.6 Å². The first kappa shape index (κ1) is 13.0. The van der Waals surface area contributed by atoms with Crippen LogP contribution in [-0.2, 0) is 0 Å². The highest BCUT2D eigenvalue weighted by Gasteiger charge is 2.16. The van der Waals surface area contributed by atoms with Crippen molar-refractivity contribution < 1.29 is 0 Å². The van der Waals surface area contributed by atoms with E-state index < -0.39 is 0 Å². The number of hydrogen-bond acceptors (Lipinski definition) is 5. The van der Waals surface area contributed by atoms with Crippen LogP contribution >= 0.6 is 39.2 Å². The minimum Gasteiger partial charge on any atom is -0.329 e. The van der Waals surface area contributed by atoms with Gasteiger partial charge in [-0.15, -0.1) is 0 Å². The molecular formula is C11H12BrN3S2. The fraction of sp³-hybridized carbons (Fsp3) is 0.273. The number of rotatable bonds is 4. The van der Waals surface area contributed by atoms with Crippen molar-refractivity contribution in [2.45, 2.75) is 16.5 Å². The van der Waals surface area contributed by atoms with Crippen molar-refractivity contribution >= 4 is 39.2 Å². The number of aryl methyl sites for hydroxylation is 1. The van der Waals surface area contributed by atoms with Gasteiger partial charge < -0.3 is 5.73 Å². The fourth-order valence-corrected chi connectivity index (χ4v) is 4.05. The molecule has 2 aromatic rings. The third kappa shape index (κ3) is 3.28. The highest BCUT2D eigenvalue weighted by Crippen LogP contribution is 2.38. The molecule has 1 heterocycles. The van der Waals surface area contributed by atoms with Crippen molar-refractivity contribution in [3.05, 3.63) is 40.1 Å². The van der Waals surface area contributed by atoms with E-state index >= 15 is 0 Å². The van der Waals surface area contributed by atoms with Crippen LogP contribution in [0.4, 0.5) is 0 Å². The summed E-state index contributed by atoms with van der Waals surface area (Å²) in [5.41, 5.74) is 7.04. The molecule has 1 aromatic heterocycles. The van der Waals surface area contributed by atoms with Gasteiger partial charge in [-0.05, 0) is 30.1 Å². The molecule has 17 heavy (non-hydrogen) atoms. The highest BCUT2D eigenvalue weighted by atomic mass is 79.9. The first-order chi connectivity index (χ1) is 8.20. The predicted molar refractivity (Wildman–Crippen MR) is 76.4 cm³/mol. The second-order valence-corrected chi connectivity index (χ2v) is 6.53. The van der Waals surface area contributed by atoms with Gasteiger partial charge >= 0.3 is 0 Å². The molecule has 0 bridgehead atoms. The van der Waals surface area contributed by atoms with Gasteiger partial charge in [-0.1, -0.05) is 45.9 Å². The van der Waals surface area contributed by atoms with E-state index in [1.165, 1.54) is 17.1 Å². The monoisotopic (exact) mass is 329 g/mol. The van der Waals surface area contributed by atoms with Crippen LogP contribution in [0, 0.1) is 6.92 Å². The number of benzene rings is 1. The maximum absolute atomic E-state index is 5.84. The molecule has 3 nitrogen and oxygen atoms in total. The molecule has 0 aliphatic carbocycles. The van der Waals surface area contributed by atoms with Crippen LogP contribution in [0.15, 0.2) is 33.1 Å². The lowest BCUT2D eigenvalue weighted by atomic mass is 10.1. The molecule has 6 heteroatoms. The normalized spacial score (nSPS) is 12.6. The Morgan fingerprint density at radius 3 is 2.82 bits per heavy atom. The van der Waals surface area contributed by atoms with Gasteiger partial charge in [0.25, 0.3) is 0 Å². The van der Waals surface area contributed by atoms with E-state index in [1.807, 2.05) is 25.1 Å². The Labute approximate surface area is 117 Å². The fourth-order valence-electron chi connectivity index (χ4n) is 1.42. The maximum atomic E-state index is 5.84. The molecule has 1 unspecified atom stereocenters. The summed E-state index contributed by atoms with van der Waals surface area (Å²) < 4.78 is 6.23. The smallest absolute Gasteiger partial charge is 0.170 e. The minimum atomic E-state index is 0.206. The zero-order chi connectivity index (χ0) is 12.3. The summed E-state index contributed by atoms with van der Waals surface area (Å²) in [6.07, 6.45) is 0. The van der Waals surface area contributed by atoms with Crippen LogP contribution in [-0.4, -0.2) is 15.9 Å². The molecule has 2 N–H and O–H groups in total. The van der Waals surface area contributed by atoms with Gasteiger partial charge in [0.15, 0.2) is 4.34 Å². The lowest BCUT2D eigenvalue weighted by Gasteiger charge is -2.14. The molecule has 0 saturated carbocycles. The molecule has 0 fully saturated rings. The van der Waals surface area contributed by atoms with Gasteiger partial charge in [0.2, 0.25) is 0 Å². The van der Waals surface area contributed by atoms with Crippen molar-refractivity contribution in [3.63, 3.8) is 0 Å². The molecule has 0 spiro atoms. The number of halogens is 1. The van der Waals surface area contributed by atoms with Crippen molar-refractivity contribution in [1.82, 2.24) is 9.36 Å². The highest BCUT2D eigenvalue weighted by molar-refractivity contribution is 9.10. The number of nitrogens with two attached hydrogens (primary N) is 1. The Hall–Kier alpha value is -0.430. The summed E-state index contributed by atoms with van der Waals surface area (Å²) in [7, 11) is 0. The molecule has 0 radical (unpaired) electrons. The van der Waals surface area contributed by atoms with E-state index in [0.29, 0.717) is 6.54 Å². The van der Waals surface area contributed by atoms with Crippen LogP contribution in [0.2, 0.25) is 0 Å². The predicted octanol–water partition coefficient (Wildman–Crippen LogP) is 3.40. The van der Waals surface area contributed by atoms with Crippen molar-refractivity contribution in [2.75, 3.05) is 6.54 Å². The third-order valence-electron chi connectivity index (χ3n) is 2.22. The van der Waals surface area contributed by atoms with Crippen molar-refractivity contribution in [3.8, 4) is 0 Å². The Morgan fingerprint density at radius 2 is 2.24 bits per heavy atom. The zero-order valence-corrected chi connectivity index (χ0v) is 12.5. The van der Waals surface area contributed by atoms with E-state index in [4.69, 9.17) is 5.73 Å². The first-order valence-electron chi connectivity index (χ1n) is 5.12. The van der Waals surface area contributed by atoms with E-state index in [1.54, 1.807) is 11.8 Å². The zero-order valence-electron chi connectivity index (χ0n) is 9.26. The van der Waals surface area contributed by atoms with Crippen LogP contribution in [0.25, 0.3) is 0 Å². The molecule has 0 amide bonds. The lowest BCUT2D eigenvalue weighted by molar-refractivity contribution is 0.933. The molecule has 2 rings (SSSR count). The van der Waals surface area contributed by atoms with Crippen LogP contribution in [0.5, 0.6) is 0 Å². The topological polar surface area (TPSA) is 51.8 Å². The summed E-state index contributed by atoms with van der Waals surface area (Å²) in [5, 5.41) is 0.206. The Balaban J connectivity index is 2.20. The largest absolute Gasteiger partial charge is 0.329 e. The first-order valence-corrected chi connectivity index (χ1v) is 7.56. The van der Waals surface area contributed by atoms with E-state index in [-0.39, 0.29) is 5.25 Å². The summed E-state index contributed by atoms with van der Waals surface area (Å²) >= 11 is 6.65. The summed E-state index contributed by atoms with van der Waals surface area (Å²) in [6.45, 7) is 2.47. The Kier molecular flexibility index (Phi) is 4.55. The van der Waals surface area contributed by atoms with Crippen LogP contribution < -0.4 is 5.73 Å². The number of thioether (sulfide) groups is 1. The number of nitrogens with zero attached hydrogens (tertiary/aromatic N) is 2. The third-order valence-corrected chi connectivity index (χ3v) is 5.08. The molecule has 1 aromatic carbocycles. The number of hydrogen-bond donors (Lipinski definition) is 1. The molecule has 90 valence electrons. The van der Waals surface area contributed by atoms with Gasteiger partial charge in [-0.3, -0.25) is 0 Å². The average Bonchev–Trinajstić information content (AvgIpc) is 2.73. The summed E-state index contributed by atoms with van der Waals surface area (Å²) in [6, 6.07) is 8.14. The van der Waals surface area contributed by atoms with Crippen molar-refractivity contribution in [1.29, 1.82) is 0 Å². The molecule has 1 atom stereocenters. The van der Waals surface area contributed by atoms with Gasteiger partial charge in [0, 0.05) is 11.0 Å². The van der Waals surface area contributed by atoms with E-state index in [0.717, 1.165) is 14.6 Å². The van der Waals surface area contributed by atoms with E-state index in [9.17, 15) is 0 Å². The Bertz CT molecular complexity index is 501. The van der Waals surface area contributed by atoms with Gasteiger partial charge in [-0.2, -0.15) is 4.37 Å². The van der Waals surface area contributed by atoms with Gasteiger partial charge in [0.05, 0.1) is 5.25 Å². The molecule has 0 saturated heterocycles. The van der Waals surface area contributed by atoms with Gasteiger partial charge in [-0.25, -0.2) is 4.98 Å². The maximum Gasteiger partial charge on any atom is 0.170 e. The average molecular weight is 330 g/mol. The van der Waals surface area contributed by atoms with E-state index in [2.05, 4.69) is 31.4 Å². The quantitative estimate of drug-likeness (QED) is 0.873. The number of aromatic nitrogens is 2.